The highest BCUT2D eigenvalue weighted by Crippen LogP contribution is 2.62. The van der Waals surface area contributed by atoms with Crippen LogP contribution in [0.1, 0.15) is 76.8 Å². The molecule has 0 aromatic heterocycles. The first kappa shape index (κ1) is 16.9. The van der Waals surface area contributed by atoms with E-state index >= 15 is 0 Å². The number of hydrogen-bond acceptors (Lipinski definition) is 1. The molecule has 0 saturated heterocycles. The summed E-state index contributed by atoms with van der Waals surface area (Å²) in [5.41, 5.74) is 3.73. The number of rotatable bonds is 4. The lowest BCUT2D eigenvalue weighted by molar-refractivity contribution is 0.0281. The summed E-state index contributed by atoms with van der Waals surface area (Å²) < 4.78 is 5.44. The third-order valence-electron chi connectivity index (χ3n) is 7.61. The predicted octanol–water partition coefficient (Wildman–Crippen LogP) is 6.21. The van der Waals surface area contributed by atoms with E-state index in [9.17, 15) is 0 Å². The summed E-state index contributed by atoms with van der Waals surface area (Å²) in [5, 5.41) is 0. The Bertz CT molecular complexity index is 549. The molecule has 2 saturated carbocycles. The summed E-state index contributed by atoms with van der Waals surface area (Å²) in [5.74, 6) is 4.40. The second-order valence-corrected chi connectivity index (χ2v) is 8.09. The third-order valence-corrected chi connectivity index (χ3v) is 7.61. The quantitative estimate of drug-likeness (QED) is 0.641. The topological polar surface area (TPSA) is 9.23 Å². The monoisotopic (exact) mass is 314 g/mol. The van der Waals surface area contributed by atoms with E-state index in [4.69, 9.17) is 4.74 Å². The Morgan fingerprint density at radius 1 is 1.13 bits per heavy atom. The lowest BCUT2D eigenvalue weighted by Gasteiger charge is -2.49. The molecule has 1 aromatic carbocycles. The maximum atomic E-state index is 5.44. The minimum Gasteiger partial charge on any atom is -0.497 e. The standard InChI is InChI=1S/C22H34O/c1-6-17-14-18(23-5)9-10-20(17)19-12-13-22(7-2)15(3)8-11-21(22)16(19)4/h9-10,14-16,19,21H,6-8,11-13H2,1-5H3. The van der Waals surface area contributed by atoms with Gasteiger partial charge in [-0.2, -0.15) is 0 Å². The van der Waals surface area contributed by atoms with Crippen LogP contribution >= 0.6 is 0 Å². The summed E-state index contributed by atoms with van der Waals surface area (Å²) >= 11 is 0. The molecular formula is C22H34O. The van der Waals surface area contributed by atoms with Gasteiger partial charge in [-0.1, -0.05) is 33.8 Å². The molecule has 0 amide bonds. The zero-order valence-electron chi connectivity index (χ0n) is 15.7. The van der Waals surface area contributed by atoms with Crippen molar-refractivity contribution in [1.29, 1.82) is 0 Å². The van der Waals surface area contributed by atoms with E-state index in [1.54, 1.807) is 12.7 Å². The van der Waals surface area contributed by atoms with Gasteiger partial charge in [0.2, 0.25) is 0 Å². The number of fused-ring (bicyclic) bond motifs is 1. The number of aryl methyl sites for hydroxylation is 1. The van der Waals surface area contributed by atoms with Gasteiger partial charge < -0.3 is 4.74 Å². The van der Waals surface area contributed by atoms with Crippen LogP contribution in [0.4, 0.5) is 0 Å². The van der Waals surface area contributed by atoms with Crippen LogP contribution < -0.4 is 4.74 Å². The molecule has 5 atom stereocenters. The van der Waals surface area contributed by atoms with Gasteiger partial charge >= 0.3 is 0 Å². The van der Waals surface area contributed by atoms with Crippen LogP contribution in [0.3, 0.4) is 0 Å². The normalized spacial score (nSPS) is 36.7. The van der Waals surface area contributed by atoms with Crippen molar-refractivity contribution in [2.24, 2.45) is 23.2 Å². The molecule has 2 aliphatic carbocycles. The number of ether oxygens (including phenoxy) is 1. The first-order valence-corrected chi connectivity index (χ1v) is 9.74. The fraction of sp³-hybridized carbons (Fsp3) is 0.727. The van der Waals surface area contributed by atoms with Crippen LogP contribution in [-0.4, -0.2) is 7.11 Å². The first-order chi connectivity index (χ1) is 11.1. The van der Waals surface area contributed by atoms with Crippen LogP contribution in [0.15, 0.2) is 18.2 Å². The Kier molecular flexibility index (Phi) is 4.76. The predicted molar refractivity (Wildman–Crippen MR) is 98.1 cm³/mol. The molecule has 0 spiro atoms. The fourth-order valence-electron chi connectivity index (χ4n) is 6.16. The second-order valence-electron chi connectivity index (χ2n) is 8.09. The van der Waals surface area contributed by atoms with Crippen LogP contribution in [0.5, 0.6) is 5.75 Å². The summed E-state index contributed by atoms with van der Waals surface area (Å²) in [6.07, 6.45) is 8.17. The molecule has 0 bridgehead atoms. The average Bonchev–Trinajstić information content (AvgIpc) is 2.93. The lowest BCUT2D eigenvalue weighted by atomic mass is 9.55. The lowest BCUT2D eigenvalue weighted by Crippen LogP contribution is -2.40. The van der Waals surface area contributed by atoms with Crippen molar-refractivity contribution in [3.05, 3.63) is 29.3 Å². The zero-order valence-corrected chi connectivity index (χ0v) is 15.7. The Hall–Kier alpha value is -0.980. The van der Waals surface area contributed by atoms with Crippen molar-refractivity contribution in [2.45, 2.75) is 72.1 Å². The zero-order chi connectivity index (χ0) is 16.6. The Morgan fingerprint density at radius 3 is 2.57 bits per heavy atom. The van der Waals surface area contributed by atoms with Gasteiger partial charge in [0.25, 0.3) is 0 Å². The van der Waals surface area contributed by atoms with Gasteiger partial charge in [0, 0.05) is 0 Å². The molecule has 1 heteroatoms. The maximum absolute atomic E-state index is 5.44. The molecule has 1 aromatic rings. The highest BCUT2D eigenvalue weighted by molar-refractivity contribution is 5.38. The minimum atomic E-state index is 0.634. The Labute approximate surface area is 142 Å². The van der Waals surface area contributed by atoms with Crippen LogP contribution in [0, 0.1) is 23.2 Å². The molecule has 23 heavy (non-hydrogen) atoms. The smallest absolute Gasteiger partial charge is 0.119 e. The molecule has 0 heterocycles. The molecule has 1 nitrogen and oxygen atoms in total. The van der Waals surface area contributed by atoms with Gasteiger partial charge in [-0.05, 0) is 90.9 Å². The van der Waals surface area contributed by atoms with Crippen molar-refractivity contribution in [1.82, 2.24) is 0 Å². The molecule has 5 unspecified atom stereocenters. The minimum absolute atomic E-state index is 0.634. The van der Waals surface area contributed by atoms with Gasteiger partial charge in [-0.3, -0.25) is 0 Å². The van der Waals surface area contributed by atoms with E-state index in [0.717, 1.165) is 35.8 Å². The molecule has 2 fully saturated rings. The number of benzene rings is 1. The number of hydrogen-bond donors (Lipinski definition) is 0. The van der Waals surface area contributed by atoms with Crippen molar-refractivity contribution < 1.29 is 4.74 Å². The van der Waals surface area contributed by atoms with Gasteiger partial charge in [-0.15, -0.1) is 0 Å². The van der Waals surface area contributed by atoms with Crippen molar-refractivity contribution in [2.75, 3.05) is 7.11 Å². The third kappa shape index (κ3) is 2.61. The molecule has 2 aliphatic rings. The molecule has 0 N–H and O–H groups in total. The molecule has 128 valence electrons. The van der Waals surface area contributed by atoms with Gasteiger partial charge in [-0.25, -0.2) is 0 Å². The summed E-state index contributed by atoms with van der Waals surface area (Å²) in [6.45, 7) is 9.77. The second kappa shape index (κ2) is 6.49. The summed E-state index contributed by atoms with van der Waals surface area (Å²) in [4.78, 5) is 0. The Morgan fingerprint density at radius 2 is 1.91 bits per heavy atom. The van der Waals surface area contributed by atoms with E-state index in [1.165, 1.54) is 37.7 Å². The van der Waals surface area contributed by atoms with Crippen molar-refractivity contribution >= 4 is 0 Å². The molecule has 3 rings (SSSR count). The highest BCUT2D eigenvalue weighted by atomic mass is 16.5. The van der Waals surface area contributed by atoms with E-state index in [-0.39, 0.29) is 0 Å². The molecule has 0 radical (unpaired) electrons. The van der Waals surface area contributed by atoms with Crippen LogP contribution in [-0.2, 0) is 6.42 Å². The van der Waals surface area contributed by atoms with Gasteiger partial charge in [0.1, 0.15) is 5.75 Å². The SMILES string of the molecule is CCc1cc(OC)ccc1C1CCC2(CC)C(C)CCC2C1C. The van der Waals surface area contributed by atoms with E-state index < -0.39 is 0 Å². The van der Waals surface area contributed by atoms with Gasteiger partial charge in [0.15, 0.2) is 0 Å². The van der Waals surface area contributed by atoms with E-state index in [0.29, 0.717) is 5.41 Å². The average molecular weight is 315 g/mol. The highest BCUT2D eigenvalue weighted by Gasteiger charge is 2.52. The molecule has 0 aliphatic heterocycles. The van der Waals surface area contributed by atoms with Gasteiger partial charge in [0.05, 0.1) is 7.11 Å². The maximum Gasteiger partial charge on any atom is 0.119 e. The van der Waals surface area contributed by atoms with Crippen LogP contribution in [0.25, 0.3) is 0 Å². The molecular weight excluding hydrogens is 280 g/mol. The van der Waals surface area contributed by atoms with E-state index in [2.05, 4.69) is 45.9 Å². The van der Waals surface area contributed by atoms with Crippen molar-refractivity contribution in [3.63, 3.8) is 0 Å². The first-order valence-electron chi connectivity index (χ1n) is 9.74. The number of methoxy groups -OCH3 is 1. The largest absolute Gasteiger partial charge is 0.497 e. The van der Waals surface area contributed by atoms with Crippen LogP contribution in [0.2, 0.25) is 0 Å². The summed E-state index contributed by atoms with van der Waals surface area (Å²) in [7, 11) is 1.77. The fourth-order valence-corrected chi connectivity index (χ4v) is 6.16. The van der Waals surface area contributed by atoms with Crippen molar-refractivity contribution in [3.8, 4) is 5.75 Å². The Balaban J connectivity index is 1.92. The summed E-state index contributed by atoms with van der Waals surface area (Å²) in [6, 6.07) is 6.79. The van der Waals surface area contributed by atoms with E-state index in [1.807, 2.05) is 0 Å².